The number of hydrogen-bond acceptors (Lipinski definition) is 2. The maximum absolute atomic E-state index is 12.2. The third kappa shape index (κ3) is 5.52. The monoisotopic (exact) mass is 268 g/mol. The van der Waals surface area contributed by atoms with Crippen LogP contribution in [0.3, 0.4) is 0 Å². The normalized spacial score (nSPS) is 22.7. The molecule has 1 saturated heterocycles. The molecule has 1 amide bonds. The maximum atomic E-state index is 12.2. The summed E-state index contributed by atoms with van der Waals surface area (Å²) in [6.07, 6.45) is 5.56. The summed E-state index contributed by atoms with van der Waals surface area (Å²) in [7, 11) is 0. The molecular weight excluding hydrogens is 236 g/mol. The lowest BCUT2D eigenvalue weighted by atomic mass is 9.96. The van der Waals surface area contributed by atoms with Crippen molar-refractivity contribution in [2.75, 3.05) is 19.6 Å². The van der Waals surface area contributed by atoms with E-state index in [4.69, 9.17) is 0 Å². The predicted octanol–water partition coefficient (Wildman–Crippen LogP) is 3.05. The molecule has 0 aromatic carbocycles. The molecular formula is C16H32N2O. The summed E-state index contributed by atoms with van der Waals surface area (Å²) >= 11 is 0. The Balaban J connectivity index is 2.53. The summed E-state index contributed by atoms with van der Waals surface area (Å²) in [6.45, 7) is 11.6. The number of likely N-dealkylation sites (tertiary alicyclic amines) is 1. The van der Waals surface area contributed by atoms with Crippen LogP contribution >= 0.6 is 0 Å². The van der Waals surface area contributed by atoms with Gasteiger partial charge in [-0.2, -0.15) is 0 Å². The van der Waals surface area contributed by atoms with Crippen molar-refractivity contribution in [1.82, 2.24) is 10.2 Å². The highest BCUT2D eigenvalue weighted by molar-refractivity contribution is 5.76. The van der Waals surface area contributed by atoms with Crippen LogP contribution in [-0.2, 0) is 4.79 Å². The fraction of sp³-hybridized carbons (Fsp3) is 0.938. The fourth-order valence-electron chi connectivity index (χ4n) is 2.99. The zero-order valence-corrected chi connectivity index (χ0v) is 13.2. The van der Waals surface area contributed by atoms with Crippen LogP contribution in [0.5, 0.6) is 0 Å². The largest absolute Gasteiger partial charge is 0.341 e. The lowest BCUT2D eigenvalue weighted by Gasteiger charge is -2.29. The minimum absolute atomic E-state index is 0.363. The zero-order chi connectivity index (χ0) is 14.3. The summed E-state index contributed by atoms with van der Waals surface area (Å²) in [4.78, 5) is 14.3. The van der Waals surface area contributed by atoms with Gasteiger partial charge in [-0.25, -0.2) is 0 Å². The molecule has 3 heteroatoms. The first-order valence-corrected chi connectivity index (χ1v) is 8.09. The van der Waals surface area contributed by atoms with Crippen LogP contribution in [-0.4, -0.2) is 36.5 Å². The van der Waals surface area contributed by atoms with E-state index in [9.17, 15) is 4.79 Å². The topological polar surface area (TPSA) is 32.3 Å². The van der Waals surface area contributed by atoms with Crippen LogP contribution in [0.15, 0.2) is 0 Å². The summed E-state index contributed by atoms with van der Waals surface area (Å²) in [5, 5.41) is 3.51. The highest BCUT2D eigenvalue weighted by Crippen LogP contribution is 2.23. The summed E-state index contributed by atoms with van der Waals surface area (Å²) < 4.78 is 0. The molecule has 0 spiro atoms. The molecule has 0 bridgehead atoms. The standard InChI is InChI=1S/C16H32N2O/c1-5-7-14-8-9-16(19)18(11-10-14)12-15(13(3)4)17-6-2/h13-15,17H,5-12H2,1-4H3. The Labute approximate surface area is 119 Å². The van der Waals surface area contributed by atoms with Crippen molar-refractivity contribution < 1.29 is 4.79 Å². The van der Waals surface area contributed by atoms with Gasteiger partial charge in [0, 0.05) is 25.6 Å². The van der Waals surface area contributed by atoms with E-state index in [1.165, 1.54) is 19.3 Å². The molecule has 2 unspecified atom stereocenters. The van der Waals surface area contributed by atoms with E-state index < -0.39 is 0 Å². The number of nitrogens with one attached hydrogen (secondary N) is 1. The highest BCUT2D eigenvalue weighted by Gasteiger charge is 2.25. The predicted molar refractivity (Wildman–Crippen MR) is 81.1 cm³/mol. The van der Waals surface area contributed by atoms with E-state index in [2.05, 4.69) is 37.9 Å². The van der Waals surface area contributed by atoms with Gasteiger partial charge in [0.05, 0.1) is 0 Å². The maximum Gasteiger partial charge on any atom is 0.222 e. The molecule has 3 nitrogen and oxygen atoms in total. The lowest BCUT2D eigenvalue weighted by molar-refractivity contribution is -0.131. The Morgan fingerprint density at radius 2 is 2.05 bits per heavy atom. The average Bonchev–Trinajstić information content (AvgIpc) is 2.53. The minimum Gasteiger partial charge on any atom is -0.341 e. The number of carbonyl (C=O) groups is 1. The lowest BCUT2D eigenvalue weighted by Crippen LogP contribution is -2.46. The molecule has 1 fully saturated rings. The summed E-state index contributed by atoms with van der Waals surface area (Å²) in [5.74, 6) is 1.69. The molecule has 1 heterocycles. The van der Waals surface area contributed by atoms with Crippen LogP contribution < -0.4 is 5.32 Å². The van der Waals surface area contributed by atoms with Crippen LogP contribution in [0.2, 0.25) is 0 Å². The van der Waals surface area contributed by atoms with Gasteiger partial charge in [0.1, 0.15) is 0 Å². The number of carbonyl (C=O) groups excluding carboxylic acids is 1. The van der Waals surface area contributed by atoms with Crippen molar-refractivity contribution in [3.8, 4) is 0 Å². The van der Waals surface area contributed by atoms with Crippen molar-refractivity contribution in [3.63, 3.8) is 0 Å². The van der Waals surface area contributed by atoms with E-state index in [0.717, 1.165) is 38.4 Å². The van der Waals surface area contributed by atoms with Crippen LogP contribution in [0.25, 0.3) is 0 Å². The number of nitrogens with zero attached hydrogens (tertiary/aromatic N) is 1. The van der Waals surface area contributed by atoms with E-state index in [1.807, 2.05) is 0 Å². The summed E-state index contributed by atoms with van der Waals surface area (Å²) in [5.41, 5.74) is 0. The number of rotatable bonds is 7. The molecule has 0 aromatic rings. The van der Waals surface area contributed by atoms with E-state index in [1.54, 1.807) is 0 Å². The Morgan fingerprint density at radius 1 is 1.32 bits per heavy atom. The SMILES string of the molecule is CCCC1CCC(=O)N(CC(NCC)C(C)C)CC1. The highest BCUT2D eigenvalue weighted by atomic mass is 16.2. The van der Waals surface area contributed by atoms with Crippen LogP contribution in [0.1, 0.15) is 59.8 Å². The molecule has 0 aliphatic carbocycles. The summed E-state index contributed by atoms with van der Waals surface area (Å²) in [6, 6.07) is 0.427. The Morgan fingerprint density at radius 3 is 2.63 bits per heavy atom. The minimum atomic E-state index is 0.363. The third-order valence-electron chi connectivity index (χ3n) is 4.31. The molecule has 1 aliphatic rings. The second-order valence-corrected chi connectivity index (χ2v) is 6.23. The Bertz CT molecular complexity index is 265. The van der Waals surface area contributed by atoms with Crippen molar-refractivity contribution in [2.45, 2.75) is 65.8 Å². The van der Waals surface area contributed by atoms with E-state index in [0.29, 0.717) is 17.9 Å². The molecule has 0 saturated carbocycles. The van der Waals surface area contributed by atoms with Crippen LogP contribution in [0.4, 0.5) is 0 Å². The first-order chi connectivity index (χ1) is 9.08. The van der Waals surface area contributed by atoms with Crippen molar-refractivity contribution >= 4 is 5.91 Å². The number of amides is 1. The van der Waals surface area contributed by atoms with Gasteiger partial charge in [-0.3, -0.25) is 4.79 Å². The number of hydrogen-bond donors (Lipinski definition) is 1. The molecule has 1 aliphatic heterocycles. The molecule has 1 N–H and O–H groups in total. The molecule has 19 heavy (non-hydrogen) atoms. The Hall–Kier alpha value is -0.570. The molecule has 112 valence electrons. The quantitative estimate of drug-likeness (QED) is 0.769. The van der Waals surface area contributed by atoms with E-state index in [-0.39, 0.29) is 0 Å². The first-order valence-electron chi connectivity index (χ1n) is 8.09. The second kappa shape index (κ2) is 8.57. The van der Waals surface area contributed by atoms with Gasteiger partial charge < -0.3 is 10.2 Å². The Kier molecular flexibility index (Phi) is 7.44. The van der Waals surface area contributed by atoms with Crippen molar-refractivity contribution in [1.29, 1.82) is 0 Å². The van der Waals surface area contributed by atoms with Gasteiger partial charge in [-0.15, -0.1) is 0 Å². The van der Waals surface area contributed by atoms with Gasteiger partial charge in [0.25, 0.3) is 0 Å². The number of likely N-dealkylation sites (N-methyl/N-ethyl adjacent to an activating group) is 1. The zero-order valence-electron chi connectivity index (χ0n) is 13.2. The molecule has 2 atom stereocenters. The van der Waals surface area contributed by atoms with Gasteiger partial charge in [0.2, 0.25) is 5.91 Å². The van der Waals surface area contributed by atoms with Crippen molar-refractivity contribution in [2.24, 2.45) is 11.8 Å². The van der Waals surface area contributed by atoms with Crippen LogP contribution in [0, 0.1) is 11.8 Å². The molecule has 0 radical (unpaired) electrons. The smallest absolute Gasteiger partial charge is 0.222 e. The third-order valence-corrected chi connectivity index (χ3v) is 4.31. The van der Waals surface area contributed by atoms with E-state index >= 15 is 0 Å². The first kappa shape index (κ1) is 16.5. The van der Waals surface area contributed by atoms with Gasteiger partial charge >= 0.3 is 0 Å². The fourth-order valence-corrected chi connectivity index (χ4v) is 2.99. The van der Waals surface area contributed by atoms with Gasteiger partial charge in [-0.1, -0.05) is 40.5 Å². The van der Waals surface area contributed by atoms with Gasteiger partial charge in [0.15, 0.2) is 0 Å². The second-order valence-electron chi connectivity index (χ2n) is 6.23. The molecule has 0 aromatic heterocycles. The van der Waals surface area contributed by atoms with Crippen molar-refractivity contribution in [3.05, 3.63) is 0 Å². The van der Waals surface area contributed by atoms with Gasteiger partial charge in [-0.05, 0) is 31.2 Å². The molecule has 1 rings (SSSR count). The average molecular weight is 268 g/mol.